The van der Waals surface area contributed by atoms with Crippen LogP contribution < -0.4 is 4.57 Å². The summed E-state index contributed by atoms with van der Waals surface area (Å²) in [5.74, 6) is 2.35. The van der Waals surface area contributed by atoms with Crippen LogP contribution in [0.4, 0.5) is 0 Å². The van der Waals surface area contributed by atoms with E-state index in [9.17, 15) is 0 Å². The molecule has 0 bridgehead atoms. The van der Waals surface area contributed by atoms with Crippen molar-refractivity contribution in [3.63, 3.8) is 0 Å². The van der Waals surface area contributed by atoms with Crippen molar-refractivity contribution in [2.24, 2.45) is 7.05 Å². The quantitative estimate of drug-likeness (QED) is 0.464. The second-order valence-electron chi connectivity index (χ2n) is 10.0. The fourth-order valence-corrected chi connectivity index (χ4v) is 5.38. The topological polar surface area (TPSA) is 8.81 Å². The van der Waals surface area contributed by atoms with Crippen LogP contribution in [0.1, 0.15) is 62.3 Å². The molecule has 1 fully saturated rings. The van der Waals surface area contributed by atoms with E-state index in [-0.39, 0.29) is 18.0 Å². The van der Waals surface area contributed by atoms with Gasteiger partial charge in [-0.1, -0.05) is 58.4 Å². The van der Waals surface area contributed by atoms with Crippen LogP contribution in [-0.2, 0) is 7.05 Å². The molecular weight excluding hydrogens is 364 g/mol. The minimum atomic E-state index is -0.650. The molecule has 10 radical (unpaired) electrons. The maximum Gasteiger partial charge on any atom is 0.255 e. The smallest absolute Gasteiger partial charge is 0.237 e. The van der Waals surface area contributed by atoms with Gasteiger partial charge in [-0.3, -0.25) is 0 Å². The molecular formula is C19H27B10N2+. The fraction of sp³-hybridized carbons (Fsp3) is 0.526. The average Bonchev–Trinajstić information content (AvgIpc) is 3.15. The Balaban J connectivity index is 2.12. The van der Waals surface area contributed by atoms with Gasteiger partial charge >= 0.3 is 0 Å². The van der Waals surface area contributed by atoms with Gasteiger partial charge in [0.1, 0.15) is 24.8 Å². The lowest BCUT2D eigenvalue weighted by atomic mass is 8.62. The number of aromatic nitrogens is 2. The molecule has 2 unspecified atom stereocenters. The molecule has 12 heteroatoms. The average molecular weight is 392 g/mol. The van der Waals surface area contributed by atoms with Gasteiger partial charge < -0.3 is 0 Å². The molecule has 0 N–H and O–H groups in total. The van der Waals surface area contributed by atoms with Crippen LogP contribution in [0.25, 0.3) is 5.69 Å². The zero-order valence-electron chi connectivity index (χ0n) is 19.9. The zero-order chi connectivity index (χ0) is 23.2. The van der Waals surface area contributed by atoms with Gasteiger partial charge in [0.05, 0.1) is 7.05 Å². The third-order valence-corrected chi connectivity index (χ3v) is 7.15. The van der Waals surface area contributed by atoms with Crippen molar-refractivity contribution >= 4 is 71.0 Å². The predicted octanol–water partition coefficient (Wildman–Crippen LogP) is 0.759. The Morgan fingerprint density at radius 1 is 0.968 bits per heavy atom. The molecule has 2 heterocycles. The van der Waals surface area contributed by atoms with Gasteiger partial charge in [0.25, 0.3) is 5.82 Å². The Kier molecular flexibility index (Phi) is 7.59. The number of hydrogen-bond acceptors (Lipinski definition) is 0. The Hall–Kier alpha value is -0.921. The highest BCUT2D eigenvalue weighted by Crippen LogP contribution is 2.53. The van der Waals surface area contributed by atoms with Crippen molar-refractivity contribution in [1.82, 2.24) is 4.57 Å². The van der Waals surface area contributed by atoms with E-state index in [0.29, 0.717) is 18.5 Å². The highest BCUT2D eigenvalue weighted by molar-refractivity contribution is 7.92. The maximum atomic E-state index is 6.37. The van der Waals surface area contributed by atoms with Crippen LogP contribution in [0, 0.1) is 0 Å². The van der Waals surface area contributed by atoms with Crippen molar-refractivity contribution in [2.45, 2.75) is 57.9 Å². The molecule has 1 aliphatic rings. The lowest BCUT2D eigenvalue weighted by molar-refractivity contribution is -0.678. The highest BCUT2D eigenvalue weighted by Gasteiger charge is 2.60. The first-order valence-corrected chi connectivity index (χ1v) is 11.5. The summed E-state index contributed by atoms with van der Waals surface area (Å²) in [5.41, 5.74) is 4.22. The summed E-state index contributed by atoms with van der Waals surface area (Å²) in [4.78, 5) is 0. The normalized spacial score (nSPS) is 17.9. The number of rotatable bonds is 8. The predicted molar refractivity (Wildman–Crippen MR) is 145 cm³/mol. The zero-order valence-corrected chi connectivity index (χ0v) is 19.9. The molecule has 1 aromatic carbocycles. The van der Waals surface area contributed by atoms with Crippen LogP contribution in [0.5, 0.6) is 0 Å². The Morgan fingerprint density at radius 2 is 1.52 bits per heavy atom. The van der Waals surface area contributed by atoms with Crippen LogP contribution in [0.15, 0.2) is 30.6 Å². The molecule has 2 atom stereocenters. The number of imidazole rings is 1. The molecule has 1 aromatic heterocycles. The molecule has 31 heavy (non-hydrogen) atoms. The first-order valence-electron chi connectivity index (χ1n) is 11.5. The molecule has 0 aliphatic carbocycles. The monoisotopic (exact) mass is 393 g/mol. The third kappa shape index (κ3) is 4.60. The van der Waals surface area contributed by atoms with E-state index in [0.717, 1.165) is 0 Å². The van der Waals surface area contributed by atoms with Gasteiger partial charge in [0.2, 0.25) is 0 Å². The molecule has 2 aromatic rings. The summed E-state index contributed by atoms with van der Waals surface area (Å²) in [6.45, 7) is 11.5. The molecule has 142 valence electrons. The van der Waals surface area contributed by atoms with Crippen LogP contribution in [-0.4, -0.2) is 75.6 Å². The number of nitrogens with zero attached hydrogens (tertiary/aromatic N) is 2. The molecule has 1 saturated heterocycles. The largest absolute Gasteiger partial charge is 0.255 e. The summed E-state index contributed by atoms with van der Waals surface area (Å²) in [6.07, 6.45) is 2.65. The minimum absolute atomic E-state index is 0.145. The van der Waals surface area contributed by atoms with Crippen molar-refractivity contribution in [2.75, 3.05) is 0 Å². The Bertz CT molecular complexity index is 887. The standard InChI is InChI=1S/C19H27B10N2/c1-12(2)14-8-7-9-15(13(3)4)17(14)31-11-10-30(6)19(31)16-18(25(16)5)26(27(20)21)29(24)28(22)23/h7-13,16,18H,1-6H3/q+1. The van der Waals surface area contributed by atoms with Crippen molar-refractivity contribution in [3.05, 3.63) is 47.5 Å². The van der Waals surface area contributed by atoms with Gasteiger partial charge in [-0.2, -0.15) is 4.57 Å². The molecule has 3 rings (SSSR count). The lowest BCUT2D eigenvalue weighted by Crippen LogP contribution is -2.60. The van der Waals surface area contributed by atoms with E-state index < -0.39 is 19.2 Å². The van der Waals surface area contributed by atoms with E-state index in [4.69, 9.17) is 38.7 Å². The van der Waals surface area contributed by atoms with Gasteiger partial charge in [-0.25, -0.2) is 4.57 Å². The van der Waals surface area contributed by atoms with Gasteiger partial charge in [-0.15, -0.1) is 0 Å². The van der Waals surface area contributed by atoms with E-state index in [2.05, 4.69) is 81.3 Å². The second-order valence-corrected chi connectivity index (χ2v) is 10.0. The summed E-state index contributed by atoms with van der Waals surface area (Å²) >= 11 is 0. The molecule has 1 aliphatic heterocycles. The maximum absolute atomic E-state index is 6.37. The first kappa shape index (κ1) is 24.7. The molecule has 2 nitrogen and oxygen atoms in total. The van der Waals surface area contributed by atoms with E-state index >= 15 is 0 Å². The Morgan fingerprint density at radius 3 is 1.97 bits per heavy atom. The lowest BCUT2D eigenvalue weighted by Gasteiger charge is -2.27. The van der Waals surface area contributed by atoms with Crippen LogP contribution in [0.2, 0.25) is 12.5 Å². The second kappa shape index (κ2) is 9.52. The van der Waals surface area contributed by atoms with Crippen molar-refractivity contribution < 1.29 is 4.57 Å². The van der Waals surface area contributed by atoms with Crippen LogP contribution >= 0.6 is 0 Å². The summed E-state index contributed by atoms with van der Waals surface area (Å²) in [6, 6.07) is 6.65. The fourth-order valence-electron chi connectivity index (χ4n) is 5.38. The Labute approximate surface area is 198 Å². The summed E-state index contributed by atoms with van der Waals surface area (Å²) in [5, 5.41) is 0. The first-order chi connectivity index (χ1) is 14.5. The SMILES string of the molecule is [B]B([B])B([B])B(B([B])[B])C1B(C)C1c1n(-c2c(C(C)C)cccc2C(C)C)cc[n+]1C. The van der Waals surface area contributed by atoms with Gasteiger partial charge in [-0.05, 0) is 11.8 Å². The van der Waals surface area contributed by atoms with Gasteiger partial charge in [0.15, 0.2) is 0 Å². The van der Waals surface area contributed by atoms with E-state index in [1.807, 2.05) is 0 Å². The summed E-state index contributed by atoms with van der Waals surface area (Å²) < 4.78 is 4.59. The van der Waals surface area contributed by atoms with E-state index in [1.165, 1.54) is 22.6 Å². The number of benzene rings is 1. The van der Waals surface area contributed by atoms with Gasteiger partial charge in [0, 0.05) is 81.3 Å². The van der Waals surface area contributed by atoms with Crippen molar-refractivity contribution in [1.29, 1.82) is 0 Å². The summed E-state index contributed by atoms with van der Waals surface area (Å²) in [7, 11) is 32.7. The molecule has 0 spiro atoms. The number of aryl methyl sites for hydroxylation is 1. The number of para-hydroxylation sites is 1. The third-order valence-electron chi connectivity index (χ3n) is 7.15. The number of hydrogen-bond donors (Lipinski definition) is 0. The van der Waals surface area contributed by atoms with E-state index in [1.54, 1.807) is 0 Å². The highest BCUT2D eigenvalue weighted by atomic mass is 15.1. The molecule has 0 amide bonds. The van der Waals surface area contributed by atoms with Crippen LogP contribution in [0.3, 0.4) is 0 Å². The minimum Gasteiger partial charge on any atom is -0.237 e. The molecule has 0 saturated carbocycles. The van der Waals surface area contributed by atoms with Crippen molar-refractivity contribution in [3.8, 4) is 5.69 Å².